The van der Waals surface area contributed by atoms with Crippen LogP contribution in [0.25, 0.3) is 0 Å². The van der Waals surface area contributed by atoms with Gasteiger partial charge in [-0.25, -0.2) is 14.4 Å². The van der Waals surface area contributed by atoms with Gasteiger partial charge in [0.25, 0.3) is 5.91 Å². The van der Waals surface area contributed by atoms with Crippen LogP contribution in [0.15, 0.2) is 30.3 Å². The molecule has 2 heterocycles. The molecule has 0 aliphatic carbocycles. The third kappa shape index (κ3) is 4.60. The molecule has 1 saturated heterocycles. The lowest BCUT2D eigenvalue weighted by molar-refractivity contribution is 0.0945. The van der Waals surface area contributed by atoms with Crippen molar-refractivity contribution in [3.8, 4) is 0 Å². The summed E-state index contributed by atoms with van der Waals surface area (Å²) in [5, 5.41) is 2.84. The highest BCUT2D eigenvalue weighted by Gasteiger charge is 2.21. The highest BCUT2D eigenvalue weighted by Crippen LogP contribution is 2.26. The topological polar surface area (TPSA) is 58.1 Å². The van der Waals surface area contributed by atoms with Crippen LogP contribution in [0.2, 0.25) is 0 Å². The van der Waals surface area contributed by atoms with Crippen molar-refractivity contribution >= 4 is 5.91 Å². The van der Waals surface area contributed by atoms with E-state index >= 15 is 0 Å². The number of rotatable bonds is 4. The highest BCUT2D eigenvalue weighted by atomic mass is 19.1. The number of piperidine rings is 1. The van der Waals surface area contributed by atoms with Gasteiger partial charge >= 0.3 is 0 Å². The molecular formula is C19H23FN4O. The molecule has 6 heteroatoms. The van der Waals surface area contributed by atoms with Gasteiger partial charge in [-0.2, -0.15) is 0 Å². The van der Waals surface area contributed by atoms with Gasteiger partial charge in [-0.3, -0.25) is 4.79 Å². The molecule has 1 aromatic heterocycles. The predicted molar refractivity (Wildman–Crippen MR) is 93.8 cm³/mol. The second kappa shape index (κ2) is 7.70. The summed E-state index contributed by atoms with van der Waals surface area (Å²) in [6, 6.07) is 7.89. The molecule has 1 aliphatic rings. The van der Waals surface area contributed by atoms with Crippen LogP contribution in [-0.2, 0) is 6.54 Å². The fourth-order valence-electron chi connectivity index (χ4n) is 3.10. The van der Waals surface area contributed by atoms with Gasteiger partial charge < -0.3 is 10.2 Å². The molecule has 25 heavy (non-hydrogen) atoms. The van der Waals surface area contributed by atoms with E-state index in [0.29, 0.717) is 24.0 Å². The van der Waals surface area contributed by atoms with Crippen LogP contribution in [0.5, 0.6) is 0 Å². The number of nitrogens with zero attached hydrogens (tertiary/aromatic N) is 3. The Morgan fingerprint density at radius 1 is 1.24 bits per heavy atom. The van der Waals surface area contributed by atoms with Crippen molar-refractivity contribution in [2.45, 2.75) is 32.2 Å². The molecule has 5 nitrogen and oxygen atoms in total. The van der Waals surface area contributed by atoms with Gasteiger partial charge in [-0.15, -0.1) is 0 Å². The Kier molecular flexibility index (Phi) is 5.38. The van der Waals surface area contributed by atoms with E-state index in [-0.39, 0.29) is 11.7 Å². The first-order valence-corrected chi connectivity index (χ1v) is 8.58. The second-order valence-electron chi connectivity index (χ2n) is 6.61. The zero-order valence-electron chi connectivity index (χ0n) is 14.6. The Bertz CT molecular complexity index is 740. The number of carbonyl (C=O) groups excluding carboxylic acids is 1. The summed E-state index contributed by atoms with van der Waals surface area (Å²) in [7, 11) is 2.12. The van der Waals surface area contributed by atoms with Crippen molar-refractivity contribution in [3.05, 3.63) is 58.9 Å². The van der Waals surface area contributed by atoms with Crippen LogP contribution in [-0.4, -0.2) is 40.9 Å². The number of hydrogen-bond acceptors (Lipinski definition) is 4. The molecule has 1 aromatic carbocycles. The summed E-state index contributed by atoms with van der Waals surface area (Å²) in [5.41, 5.74) is 2.19. The van der Waals surface area contributed by atoms with Crippen LogP contribution in [0.4, 0.5) is 4.39 Å². The molecule has 1 N–H and O–H groups in total. The SMILES string of the molecule is Cc1nc(C(=O)NCc2ccc(F)cc2)cc(C2CCN(C)CC2)n1. The smallest absolute Gasteiger partial charge is 0.270 e. The maximum absolute atomic E-state index is 12.9. The monoisotopic (exact) mass is 342 g/mol. The number of aryl methyl sites for hydroxylation is 1. The molecule has 2 aromatic rings. The number of benzene rings is 1. The average molecular weight is 342 g/mol. The Labute approximate surface area is 147 Å². The summed E-state index contributed by atoms with van der Waals surface area (Å²) >= 11 is 0. The van der Waals surface area contributed by atoms with E-state index < -0.39 is 0 Å². The Balaban J connectivity index is 1.68. The van der Waals surface area contributed by atoms with Gasteiger partial charge in [0.1, 0.15) is 17.3 Å². The molecule has 3 rings (SSSR count). The second-order valence-corrected chi connectivity index (χ2v) is 6.61. The summed E-state index contributed by atoms with van der Waals surface area (Å²) in [4.78, 5) is 23.6. The van der Waals surface area contributed by atoms with E-state index in [1.165, 1.54) is 12.1 Å². The fraction of sp³-hybridized carbons (Fsp3) is 0.421. The fourth-order valence-corrected chi connectivity index (χ4v) is 3.10. The third-order valence-corrected chi connectivity index (χ3v) is 4.59. The van der Waals surface area contributed by atoms with Gasteiger partial charge in [-0.05, 0) is 63.7 Å². The molecule has 1 amide bonds. The van der Waals surface area contributed by atoms with Crippen molar-refractivity contribution in [1.82, 2.24) is 20.2 Å². The van der Waals surface area contributed by atoms with Gasteiger partial charge in [0, 0.05) is 18.2 Å². The van der Waals surface area contributed by atoms with Gasteiger partial charge in [-0.1, -0.05) is 12.1 Å². The van der Waals surface area contributed by atoms with E-state index in [0.717, 1.165) is 37.2 Å². The van der Waals surface area contributed by atoms with E-state index in [1.54, 1.807) is 12.1 Å². The number of likely N-dealkylation sites (tertiary alicyclic amines) is 1. The van der Waals surface area contributed by atoms with E-state index in [1.807, 2.05) is 13.0 Å². The van der Waals surface area contributed by atoms with Crippen LogP contribution in [0.1, 0.15) is 46.3 Å². The molecule has 0 spiro atoms. The van der Waals surface area contributed by atoms with Crippen LogP contribution in [0, 0.1) is 12.7 Å². The van der Waals surface area contributed by atoms with Crippen molar-refractivity contribution in [1.29, 1.82) is 0 Å². The van der Waals surface area contributed by atoms with E-state index in [2.05, 4.69) is 27.2 Å². The largest absolute Gasteiger partial charge is 0.347 e. The Morgan fingerprint density at radius 2 is 1.92 bits per heavy atom. The summed E-state index contributed by atoms with van der Waals surface area (Å²) in [6.07, 6.45) is 2.09. The Morgan fingerprint density at radius 3 is 2.60 bits per heavy atom. The zero-order chi connectivity index (χ0) is 17.8. The maximum atomic E-state index is 12.9. The molecule has 1 fully saturated rings. The molecular weight excluding hydrogens is 319 g/mol. The lowest BCUT2D eigenvalue weighted by Crippen LogP contribution is -2.30. The summed E-state index contributed by atoms with van der Waals surface area (Å²) in [5.74, 6) is 0.471. The van der Waals surface area contributed by atoms with E-state index in [4.69, 9.17) is 0 Å². The third-order valence-electron chi connectivity index (χ3n) is 4.59. The predicted octanol–water partition coefficient (Wildman–Crippen LogP) is 2.66. The normalized spacial score (nSPS) is 16.0. The lowest BCUT2D eigenvalue weighted by atomic mass is 9.93. The molecule has 0 atom stereocenters. The van der Waals surface area contributed by atoms with Crippen molar-refractivity contribution < 1.29 is 9.18 Å². The van der Waals surface area contributed by atoms with Gasteiger partial charge in [0.05, 0.1) is 0 Å². The molecule has 0 bridgehead atoms. The van der Waals surface area contributed by atoms with Gasteiger partial charge in [0.15, 0.2) is 0 Å². The zero-order valence-corrected chi connectivity index (χ0v) is 14.6. The van der Waals surface area contributed by atoms with Crippen LogP contribution >= 0.6 is 0 Å². The van der Waals surface area contributed by atoms with Crippen molar-refractivity contribution in [3.63, 3.8) is 0 Å². The first-order chi connectivity index (χ1) is 12.0. The summed E-state index contributed by atoms with van der Waals surface area (Å²) < 4.78 is 12.9. The lowest BCUT2D eigenvalue weighted by Gasteiger charge is -2.28. The number of nitrogens with one attached hydrogen (secondary N) is 1. The number of halogens is 1. The van der Waals surface area contributed by atoms with E-state index in [9.17, 15) is 9.18 Å². The highest BCUT2D eigenvalue weighted by molar-refractivity contribution is 5.92. The quantitative estimate of drug-likeness (QED) is 0.928. The van der Waals surface area contributed by atoms with Crippen molar-refractivity contribution in [2.75, 3.05) is 20.1 Å². The molecule has 0 saturated carbocycles. The number of carbonyl (C=O) groups is 1. The molecule has 132 valence electrons. The molecule has 0 unspecified atom stereocenters. The average Bonchev–Trinajstić information content (AvgIpc) is 2.61. The minimum absolute atomic E-state index is 0.232. The minimum Gasteiger partial charge on any atom is -0.347 e. The number of amides is 1. The number of hydrogen-bond donors (Lipinski definition) is 1. The number of aromatic nitrogens is 2. The summed E-state index contributed by atoms with van der Waals surface area (Å²) in [6.45, 7) is 4.24. The van der Waals surface area contributed by atoms with Crippen LogP contribution < -0.4 is 5.32 Å². The van der Waals surface area contributed by atoms with Gasteiger partial charge in [0.2, 0.25) is 0 Å². The first-order valence-electron chi connectivity index (χ1n) is 8.58. The standard InChI is InChI=1S/C19H23FN4O/c1-13-22-17(15-7-9-24(2)10-8-15)11-18(23-13)19(25)21-12-14-3-5-16(20)6-4-14/h3-6,11,15H,7-10,12H2,1-2H3,(H,21,25). The maximum Gasteiger partial charge on any atom is 0.270 e. The Hall–Kier alpha value is -2.34. The first kappa shape index (κ1) is 17.5. The van der Waals surface area contributed by atoms with Crippen molar-refractivity contribution in [2.24, 2.45) is 0 Å². The van der Waals surface area contributed by atoms with Crippen LogP contribution in [0.3, 0.4) is 0 Å². The molecule has 0 radical (unpaired) electrons. The molecule has 1 aliphatic heterocycles. The minimum atomic E-state index is -0.288.